The van der Waals surface area contributed by atoms with E-state index in [2.05, 4.69) is 24.3 Å². The number of carbonyl (C=O) groups excluding carboxylic acids is 1. The summed E-state index contributed by atoms with van der Waals surface area (Å²) in [5.74, 6) is 0.374. The highest BCUT2D eigenvalue weighted by Crippen LogP contribution is 2.40. The molecular weight excluding hydrogens is 352 g/mol. The first-order chi connectivity index (χ1) is 13.6. The smallest absolute Gasteiger partial charge is 0.252 e. The summed E-state index contributed by atoms with van der Waals surface area (Å²) in [5.41, 5.74) is 4.59. The average Bonchev–Trinajstić information content (AvgIpc) is 3.45. The third-order valence-electron chi connectivity index (χ3n) is 5.17. The molecular formula is C22H26N4O2. The number of carbonyl (C=O) groups is 1. The van der Waals surface area contributed by atoms with Crippen molar-refractivity contribution in [1.82, 2.24) is 20.1 Å². The van der Waals surface area contributed by atoms with Crippen LogP contribution in [0.4, 0.5) is 0 Å². The minimum atomic E-state index is -0.0928. The number of methoxy groups -OCH3 is 1. The number of benzene rings is 1. The predicted octanol–water partition coefficient (Wildman–Crippen LogP) is 3.97. The van der Waals surface area contributed by atoms with Crippen LogP contribution in [0.5, 0.6) is 0 Å². The summed E-state index contributed by atoms with van der Waals surface area (Å²) in [5, 5.41) is 8.35. The van der Waals surface area contributed by atoms with E-state index in [1.807, 2.05) is 35.0 Å². The van der Waals surface area contributed by atoms with E-state index < -0.39 is 0 Å². The summed E-state index contributed by atoms with van der Waals surface area (Å²) in [6.07, 6.45) is 4.03. The van der Waals surface area contributed by atoms with Crippen LogP contribution < -0.4 is 5.32 Å². The van der Waals surface area contributed by atoms with Crippen LogP contribution in [-0.2, 0) is 17.9 Å². The standard InChI is InChI=1S/C22H26N4O2/c1-14(2)26-21-19(12-24-26)18(10-20(25-21)15-8-9-15)22(27)23-11-16-6-4-5-7-17(16)13-28-3/h4-7,10,12,14-15H,8-9,11,13H2,1-3H3,(H,23,27). The number of ether oxygens (including phenoxy) is 1. The molecule has 1 N–H and O–H groups in total. The van der Waals surface area contributed by atoms with Crippen molar-refractivity contribution in [3.8, 4) is 0 Å². The molecule has 0 unspecified atom stereocenters. The van der Waals surface area contributed by atoms with Crippen molar-refractivity contribution < 1.29 is 9.53 Å². The molecule has 2 heterocycles. The van der Waals surface area contributed by atoms with Crippen molar-refractivity contribution in [2.24, 2.45) is 0 Å². The molecule has 4 rings (SSSR count). The molecule has 1 fully saturated rings. The van der Waals surface area contributed by atoms with Crippen molar-refractivity contribution in [3.63, 3.8) is 0 Å². The molecule has 3 aromatic rings. The highest BCUT2D eigenvalue weighted by Gasteiger charge is 2.28. The molecule has 1 saturated carbocycles. The highest BCUT2D eigenvalue weighted by atomic mass is 16.5. The van der Waals surface area contributed by atoms with E-state index in [0.717, 1.165) is 40.7 Å². The number of nitrogens with zero attached hydrogens (tertiary/aromatic N) is 3. The van der Waals surface area contributed by atoms with Gasteiger partial charge < -0.3 is 10.1 Å². The molecule has 0 atom stereocenters. The van der Waals surface area contributed by atoms with Gasteiger partial charge >= 0.3 is 0 Å². The molecule has 1 aliphatic carbocycles. The van der Waals surface area contributed by atoms with Gasteiger partial charge in [-0.2, -0.15) is 5.10 Å². The number of aromatic nitrogens is 3. The Labute approximate surface area is 164 Å². The molecule has 1 amide bonds. The van der Waals surface area contributed by atoms with E-state index in [0.29, 0.717) is 24.6 Å². The fourth-order valence-corrected chi connectivity index (χ4v) is 3.49. The van der Waals surface area contributed by atoms with Crippen LogP contribution in [0.15, 0.2) is 36.5 Å². The predicted molar refractivity (Wildman–Crippen MR) is 108 cm³/mol. The first kappa shape index (κ1) is 18.6. The summed E-state index contributed by atoms with van der Waals surface area (Å²) in [7, 11) is 1.68. The first-order valence-electron chi connectivity index (χ1n) is 9.80. The molecule has 0 radical (unpaired) electrons. The van der Waals surface area contributed by atoms with Gasteiger partial charge in [-0.1, -0.05) is 24.3 Å². The second-order valence-corrected chi connectivity index (χ2v) is 7.67. The maximum Gasteiger partial charge on any atom is 0.252 e. The van der Waals surface area contributed by atoms with Crippen LogP contribution in [0, 0.1) is 0 Å². The van der Waals surface area contributed by atoms with E-state index >= 15 is 0 Å². The monoisotopic (exact) mass is 378 g/mol. The quantitative estimate of drug-likeness (QED) is 0.675. The van der Waals surface area contributed by atoms with Crippen molar-refractivity contribution in [2.75, 3.05) is 7.11 Å². The summed E-state index contributed by atoms with van der Waals surface area (Å²) >= 11 is 0. The Bertz CT molecular complexity index is 1000. The maximum atomic E-state index is 13.1. The fourth-order valence-electron chi connectivity index (χ4n) is 3.49. The molecule has 0 saturated heterocycles. The van der Waals surface area contributed by atoms with E-state index in [9.17, 15) is 4.79 Å². The van der Waals surface area contributed by atoms with Gasteiger partial charge in [-0.3, -0.25) is 4.79 Å². The zero-order chi connectivity index (χ0) is 19.7. The molecule has 6 heteroatoms. The maximum absolute atomic E-state index is 13.1. The minimum Gasteiger partial charge on any atom is -0.380 e. The minimum absolute atomic E-state index is 0.0928. The van der Waals surface area contributed by atoms with E-state index in [4.69, 9.17) is 9.72 Å². The Hall–Kier alpha value is -2.73. The zero-order valence-corrected chi connectivity index (χ0v) is 16.6. The molecule has 6 nitrogen and oxygen atoms in total. The molecule has 2 aromatic heterocycles. The first-order valence-corrected chi connectivity index (χ1v) is 9.80. The van der Waals surface area contributed by atoms with Crippen LogP contribution in [0.25, 0.3) is 11.0 Å². The summed E-state index contributed by atoms with van der Waals surface area (Å²) < 4.78 is 7.15. The van der Waals surface area contributed by atoms with Crippen LogP contribution in [0.1, 0.15) is 65.8 Å². The summed E-state index contributed by atoms with van der Waals surface area (Å²) in [6, 6.07) is 10.1. The van der Waals surface area contributed by atoms with Gasteiger partial charge in [-0.25, -0.2) is 9.67 Å². The van der Waals surface area contributed by atoms with E-state index in [-0.39, 0.29) is 11.9 Å². The number of amides is 1. The van der Waals surface area contributed by atoms with Gasteiger partial charge in [-0.15, -0.1) is 0 Å². The van der Waals surface area contributed by atoms with Crippen molar-refractivity contribution in [3.05, 3.63) is 58.9 Å². The van der Waals surface area contributed by atoms with Gasteiger partial charge in [0.05, 0.1) is 23.8 Å². The number of pyridine rings is 1. The van der Waals surface area contributed by atoms with Crippen LogP contribution in [-0.4, -0.2) is 27.8 Å². The molecule has 1 aromatic carbocycles. The third kappa shape index (κ3) is 3.64. The van der Waals surface area contributed by atoms with Crippen LogP contribution >= 0.6 is 0 Å². The Kier molecular flexibility index (Phi) is 5.13. The van der Waals surface area contributed by atoms with Crippen molar-refractivity contribution in [1.29, 1.82) is 0 Å². The van der Waals surface area contributed by atoms with Crippen molar-refractivity contribution in [2.45, 2.75) is 51.8 Å². The second kappa shape index (κ2) is 7.72. The lowest BCUT2D eigenvalue weighted by atomic mass is 10.1. The lowest BCUT2D eigenvalue weighted by Gasteiger charge is -2.12. The van der Waals surface area contributed by atoms with Gasteiger partial charge in [-0.05, 0) is 43.9 Å². The van der Waals surface area contributed by atoms with Gasteiger partial charge in [0.15, 0.2) is 5.65 Å². The highest BCUT2D eigenvalue weighted by molar-refractivity contribution is 6.05. The third-order valence-corrected chi connectivity index (χ3v) is 5.17. The largest absolute Gasteiger partial charge is 0.380 e. The molecule has 0 aliphatic heterocycles. The lowest BCUT2D eigenvalue weighted by Crippen LogP contribution is -2.24. The summed E-state index contributed by atoms with van der Waals surface area (Å²) in [6.45, 7) is 5.13. The Balaban J connectivity index is 1.64. The Morgan fingerprint density at radius 1 is 1.29 bits per heavy atom. The number of nitrogens with one attached hydrogen (secondary N) is 1. The average molecular weight is 378 g/mol. The lowest BCUT2D eigenvalue weighted by molar-refractivity contribution is 0.0952. The molecule has 1 aliphatic rings. The molecule has 28 heavy (non-hydrogen) atoms. The number of rotatable bonds is 7. The Morgan fingerprint density at radius 2 is 2.04 bits per heavy atom. The number of fused-ring (bicyclic) bond motifs is 1. The van der Waals surface area contributed by atoms with Gasteiger partial charge in [0.2, 0.25) is 0 Å². The Morgan fingerprint density at radius 3 is 2.71 bits per heavy atom. The zero-order valence-electron chi connectivity index (χ0n) is 16.6. The molecule has 0 bridgehead atoms. The van der Waals surface area contributed by atoms with Crippen molar-refractivity contribution >= 4 is 16.9 Å². The fraction of sp³-hybridized carbons (Fsp3) is 0.409. The van der Waals surface area contributed by atoms with Crippen LogP contribution in [0.3, 0.4) is 0 Å². The molecule has 146 valence electrons. The second-order valence-electron chi connectivity index (χ2n) is 7.67. The van der Waals surface area contributed by atoms with Gasteiger partial charge in [0.25, 0.3) is 5.91 Å². The topological polar surface area (TPSA) is 69.0 Å². The number of hydrogen-bond donors (Lipinski definition) is 1. The molecule has 0 spiro atoms. The summed E-state index contributed by atoms with van der Waals surface area (Å²) in [4.78, 5) is 17.9. The normalized spacial score (nSPS) is 14.0. The van der Waals surface area contributed by atoms with Gasteiger partial charge in [0, 0.05) is 31.3 Å². The van der Waals surface area contributed by atoms with Crippen LogP contribution in [0.2, 0.25) is 0 Å². The number of hydrogen-bond acceptors (Lipinski definition) is 4. The van der Waals surface area contributed by atoms with E-state index in [1.54, 1.807) is 13.3 Å². The van der Waals surface area contributed by atoms with Gasteiger partial charge in [0.1, 0.15) is 0 Å². The van der Waals surface area contributed by atoms with E-state index in [1.165, 1.54) is 0 Å². The SMILES string of the molecule is COCc1ccccc1CNC(=O)c1cc(C2CC2)nc2c1cnn2C(C)C.